The Kier molecular flexibility index (Phi) is 5.58. The van der Waals surface area contributed by atoms with Crippen LogP contribution in [0.1, 0.15) is 31.1 Å². The maximum Gasteiger partial charge on any atom is 0.270 e. The molecule has 0 saturated heterocycles. The molecule has 0 fully saturated rings. The van der Waals surface area contributed by atoms with Gasteiger partial charge in [-0.05, 0) is 18.2 Å². The number of carbonyl (C=O) groups is 4. The van der Waals surface area contributed by atoms with E-state index in [1.807, 2.05) is 0 Å². The smallest absolute Gasteiger partial charge is 0.270 e. The Morgan fingerprint density at radius 2 is 1.79 bits per heavy atom. The van der Waals surface area contributed by atoms with E-state index in [9.17, 15) is 29.3 Å². The van der Waals surface area contributed by atoms with Gasteiger partial charge in [0.1, 0.15) is 6.54 Å². The van der Waals surface area contributed by atoms with Crippen molar-refractivity contribution >= 4 is 29.3 Å². The van der Waals surface area contributed by atoms with Crippen molar-refractivity contribution in [1.82, 2.24) is 20.5 Å². The van der Waals surface area contributed by atoms with Crippen molar-refractivity contribution in [3.05, 3.63) is 69.5 Å². The molecule has 0 aliphatic carbocycles. The molecule has 2 aromatic rings. The van der Waals surface area contributed by atoms with E-state index in [2.05, 4.69) is 15.6 Å². The van der Waals surface area contributed by atoms with Crippen molar-refractivity contribution < 1.29 is 24.1 Å². The molecule has 29 heavy (non-hydrogen) atoms. The molecule has 11 nitrogen and oxygen atoms in total. The molecule has 11 heteroatoms. The van der Waals surface area contributed by atoms with E-state index in [0.717, 1.165) is 17.0 Å². The first-order chi connectivity index (χ1) is 13.9. The number of benzene rings is 1. The number of pyridine rings is 1. The van der Waals surface area contributed by atoms with Gasteiger partial charge in [-0.3, -0.25) is 39.2 Å². The van der Waals surface area contributed by atoms with Gasteiger partial charge in [0.25, 0.3) is 23.4 Å². The number of rotatable bonds is 7. The second-order valence-electron chi connectivity index (χ2n) is 6.03. The number of nitrogens with zero attached hydrogens (tertiary/aromatic N) is 3. The zero-order valence-electron chi connectivity index (χ0n) is 15.0. The van der Waals surface area contributed by atoms with Crippen LogP contribution in [0.15, 0.2) is 42.7 Å². The summed E-state index contributed by atoms with van der Waals surface area (Å²) in [5.41, 5.74) is -0.0441. The van der Waals surface area contributed by atoms with Crippen LogP contribution in [-0.2, 0) is 4.79 Å². The van der Waals surface area contributed by atoms with Crippen LogP contribution < -0.4 is 10.6 Å². The third-order valence-electron chi connectivity index (χ3n) is 4.12. The Labute approximate surface area is 163 Å². The monoisotopic (exact) mass is 397 g/mol. The van der Waals surface area contributed by atoms with E-state index >= 15 is 0 Å². The van der Waals surface area contributed by atoms with Crippen molar-refractivity contribution in [3.63, 3.8) is 0 Å². The van der Waals surface area contributed by atoms with Gasteiger partial charge in [0, 0.05) is 37.6 Å². The van der Waals surface area contributed by atoms with Crippen LogP contribution in [0.25, 0.3) is 0 Å². The maximum absolute atomic E-state index is 12.3. The number of hydrogen-bond donors (Lipinski definition) is 2. The van der Waals surface area contributed by atoms with Crippen LogP contribution in [0.2, 0.25) is 0 Å². The summed E-state index contributed by atoms with van der Waals surface area (Å²) in [5, 5.41) is 15.9. The lowest BCUT2D eigenvalue weighted by atomic mass is 10.1. The molecule has 1 aliphatic heterocycles. The number of nitro benzene ring substituents is 1. The largest absolute Gasteiger partial charge is 0.353 e. The van der Waals surface area contributed by atoms with Crippen molar-refractivity contribution in [2.45, 2.75) is 0 Å². The van der Waals surface area contributed by atoms with Gasteiger partial charge in [-0.2, -0.15) is 0 Å². The van der Waals surface area contributed by atoms with Crippen molar-refractivity contribution in [1.29, 1.82) is 0 Å². The van der Waals surface area contributed by atoms with Crippen LogP contribution in [0.3, 0.4) is 0 Å². The Bertz CT molecular complexity index is 1010. The van der Waals surface area contributed by atoms with Crippen molar-refractivity contribution in [3.8, 4) is 0 Å². The SMILES string of the molecule is O=C(CN1C(=O)c2ccc([N+](=O)[O-])cc2C1=O)NCCNC(=O)c1cccnc1. The molecule has 0 atom stereocenters. The van der Waals surface area contributed by atoms with E-state index in [1.165, 1.54) is 18.5 Å². The maximum atomic E-state index is 12.3. The third kappa shape index (κ3) is 4.24. The molecule has 2 heterocycles. The highest BCUT2D eigenvalue weighted by molar-refractivity contribution is 6.22. The number of non-ortho nitro benzene ring substituents is 1. The topological polar surface area (TPSA) is 152 Å². The molecule has 1 aromatic heterocycles. The molecule has 0 unspecified atom stereocenters. The molecule has 2 N–H and O–H groups in total. The molecule has 0 spiro atoms. The highest BCUT2D eigenvalue weighted by Gasteiger charge is 2.37. The minimum Gasteiger partial charge on any atom is -0.353 e. The van der Waals surface area contributed by atoms with E-state index in [4.69, 9.17) is 0 Å². The summed E-state index contributed by atoms with van der Waals surface area (Å²) in [6.45, 7) is -0.316. The minimum atomic E-state index is -0.770. The van der Waals surface area contributed by atoms with Gasteiger partial charge in [0.2, 0.25) is 5.91 Å². The second kappa shape index (κ2) is 8.25. The van der Waals surface area contributed by atoms with Crippen LogP contribution in [-0.4, -0.2) is 58.1 Å². The van der Waals surface area contributed by atoms with Gasteiger partial charge in [0.05, 0.1) is 21.6 Å². The molecule has 0 radical (unpaired) electrons. The van der Waals surface area contributed by atoms with E-state index in [-0.39, 0.29) is 35.8 Å². The molecule has 0 saturated carbocycles. The number of nitro groups is 1. The summed E-state index contributed by atoms with van der Waals surface area (Å²) in [5.74, 6) is -2.42. The number of aromatic nitrogens is 1. The zero-order valence-corrected chi connectivity index (χ0v) is 15.0. The Balaban J connectivity index is 1.50. The second-order valence-corrected chi connectivity index (χ2v) is 6.03. The molecular formula is C18H15N5O6. The highest BCUT2D eigenvalue weighted by atomic mass is 16.6. The number of hydrogen-bond acceptors (Lipinski definition) is 7. The number of imide groups is 1. The van der Waals surface area contributed by atoms with E-state index in [0.29, 0.717) is 5.56 Å². The van der Waals surface area contributed by atoms with Crippen LogP contribution in [0, 0.1) is 10.1 Å². The molecule has 3 rings (SSSR count). The molecule has 148 valence electrons. The minimum absolute atomic E-state index is 0.0112. The van der Waals surface area contributed by atoms with Crippen LogP contribution in [0.5, 0.6) is 0 Å². The predicted octanol–water partition coefficient (Wildman–Crippen LogP) is 0.132. The van der Waals surface area contributed by atoms with Gasteiger partial charge in [-0.15, -0.1) is 0 Å². The number of nitrogens with one attached hydrogen (secondary N) is 2. The lowest BCUT2D eigenvalue weighted by Crippen LogP contribution is -2.42. The first-order valence-corrected chi connectivity index (χ1v) is 8.48. The summed E-state index contributed by atoms with van der Waals surface area (Å²) >= 11 is 0. The van der Waals surface area contributed by atoms with Gasteiger partial charge in [0.15, 0.2) is 0 Å². The number of carbonyl (C=O) groups excluding carboxylic acids is 4. The molecule has 4 amide bonds. The van der Waals surface area contributed by atoms with Gasteiger partial charge in [-0.25, -0.2) is 0 Å². The summed E-state index contributed by atoms with van der Waals surface area (Å²) in [6, 6.07) is 6.54. The summed E-state index contributed by atoms with van der Waals surface area (Å²) < 4.78 is 0. The standard InChI is InChI=1S/C18H15N5O6/c24-15(20-6-7-21-16(25)11-2-1-5-19-9-11)10-22-17(26)13-4-3-12(23(28)29)8-14(13)18(22)27/h1-5,8-9H,6-7,10H2,(H,20,24)(H,21,25). The Morgan fingerprint density at radius 3 is 2.48 bits per heavy atom. The summed E-state index contributed by atoms with van der Waals surface area (Å²) in [4.78, 5) is 63.2. The van der Waals surface area contributed by atoms with Gasteiger partial charge >= 0.3 is 0 Å². The van der Waals surface area contributed by atoms with Crippen molar-refractivity contribution in [2.75, 3.05) is 19.6 Å². The molecule has 0 bridgehead atoms. The highest BCUT2D eigenvalue weighted by Crippen LogP contribution is 2.26. The third-order valence-corrected chi connectivity index (χ3v) is 4.12. The lowest BCUT2D eigenvalue weighted by molar-refractivity contribution is -0.384. The summed E-state index contributed by atoms with van der Waals surface area (Å²) in [6.07, 6.45) is 2.94. The predicted molar refractivity (Wildman–Crippen MR) is 98.0 cm³/mol. The quantitative estimate of drug-likeness (QED) is 0.292. The average Bonchev–Trinajstić information content (AvgIpc) is 2.96. The first kappa shape index (κ1) is 19.6. The van der Waals surface area contributed by atoms with E-state index in [1.54, 1.807) is 12.1 Å². The number of amides is 4. The normalized spacial score (nSPS) is 12.5. The fourth-order valence-electron chi connectivity index (χ4n) is 2.71. The fraction of sp³-hybridized carbons (Fsp3) is 0.167. The van der Waals surface area contributed by atoms with Crippen molar-refractivity contribution in [2.24, 2.45) is 0 Å². The van der Waals surface area contributed by atoms with Crippen LogP contribution >= 0.6 is 0 Å². The van der Waals surface area contributed by atoms with E-state index < -0.39 is 29.2 Å². The van der Waals surface area contributed by atoms with Crippen LogP contribution in [0.4, 0.5) is 5.69 Å². The molecule has 1 aromatic carbocycles. The number of fused-ring (bicyclic) bond motifs is 1. The summed E-state index contributed by atoms with van der Waals surface area (Å²) in [7, 11) is 0. The Morgan fingerprint density at radius 1 is 1.07 bits per heavy atom. The van der Waals surface area contributed by atoms with Gasteiger partial charge in [-0.1, -0.05) is 0 Å². The average molecular weight is 397 g/mol. The zero-order chi connectivity index (χ0) is 21.0. The first-order valence-electron chi connectivity index (χ1n) is 8.48. The van der Waals surface area contributed by atoms with Gasteiger partial charge < -0.3 is 10.6 Å². The molecule has 1 aliphatic rings. The Hall–Kier alpha value is -4.15. The molecular weight excluding hydrogens is 382 g/mol. The lowest BCUT2D eigenvalue weighted by Gasteiger charge is -2.13. The fourth-order valence-corrected chi connectivity index (χ4v) is 2.71.